The number of halogens is 3. The van der Waals surface area contributed by atoms with Crippen LogP contribution in [0.5, 0.6) is 0 Å². The van der Waals surface area contributed by atoms with Crippen molar-refractivity contribution in [1.82, 2.24) is 20.5 Å². The highest BCUT2D eigenvalue weighted by molar-refractivity contribution is 6.00. The van der Waals surface area contributed by atoms with E-state index in [0.717, 1.165) is 11.9 Å². The van der Waals surface area contributed by atoms with Crippen molar-refractivity contribution in [1.29, 1.82) is 0 Å². The number of pyridine rings is 1. The molecular formula is C21H23F3N6O. The number of alkyl halides is 3. The third-order valence-corrected chi connectivity index (χ3v) is 4.68. The van der Waals surface area contributed by atoms with E-state index in [1.807, 2.05) is 13.8 Å². The van der Waals surface area contributed by atoms with Gasteiger partial charge in [-0.05, 0) is 25.0 Å². The van der Waals surface area contributed by atoms with E-state index in [1.165, 1.54) is 25.2 Å². The number of benzene rings is 1. The maximum Gasteiger partial charge on any atom is 0.419 e. The van der Waals surface area contributed by atoms with Crippen LogP contribution >= 0.6 is 0 Å². The largest absolute Gasteiger partial charge is 0.419 e. The van der Waals surface area contributed by atoms with Crippen molar-refractivity contribution in [3.63, 3.8) is 0 Å². The molecule has 0 fully saturated rings. The minimum absolute atomic E-state index is 0.121. The normalized spacial score (nSPS) is 11.5. The van der Waals surface area contributed by atoms with Crippen molar-refractivity contribution in [2.45, 2.75) is 32.9 Å². The monoisotopic (exact) mass is 432 g/mol. The molecule has 1 aromatic carbocycles. The summed E-state index contributed by atoms with van der Waals surface area (Å²) in [5.41, 5.74) is 1.44. The number of aromatic amines is 1. The highest BCUT2D eigenvalue weighted by atomic mass is 19.4. The van der Waals surface area contributed by atoms with Crippen LogP contribution in [0.3, 0.4) is 0 Å². The highest BCUT2D eigenvalue weighted by Crippen LogP contribution is 2.38. The number of para-hydroxylation sites is 1. The van der Waals surface area contributed by atoms with E-state index >= 15 is 0 Å². The van der Waals surface area contributed by atoms with Gasteiger partial charge in [-0.2, -0.15) is 18.3 Å². The SMILES string of the molecule is CNC(=O)c1ccccc1Nc1cc(Nc2c(C)n[nH]c2C(C)C)ncc1C(F)(F)F. The Hall–Kier alpha value is -3.56. The Labute approximate surface area is 177 Å². The summed E-state index contributed by atoms with van der Waals surface area (Å²) < 4.78 is 40.9. The second kappa shape index (κ2) is 8.66. The van der Waals surface area contributed by atoms with Crippen LogP contribution in [-0.4, -0.2) is 28.1 Å². The van der Waals surface area contributed by atoms with Gasteiger partial charge in [-0.25, -0.2) is 4.98 Å². The Kier molecular flexibility index (Phi) is 6.19. The predicted octanol–water partition coefficient (Wildman–Crippen LogP) is 5.10. The average molecular weight is 432 g/mol. The first-order valence-corrected chi connectivity index (χ1v) is 9.59. The van der Waals surface area contributed by atoms with Gasteiger partial charge >= 0.3 is 6.18 Å². The summed E-state index contributed by atoms with van der Waals surface area (Å²) in [5.74, 6) is -0.0887. The highest BCUT2D eigenvalue weighted by Gasteiger charge is 2.34. The number of carbonyl (C=O) groups excluding carboxylic acids is 1. The van der Waals surface area contributed by atoms with Crippen LogP contribution < -0.4 is 16.0 Å². The number of nitrogens with zero attached hydrogens (tertiary/aromatic N) is 2. The van der Waals surface area contributed by atoms with Gasteiger partial charge in [0.25, 0.3) is 5.91 Å². The molecule has 164 valence electrons. The first-order chi connectivity index (χ1) is 14.6. The molecule has 0 spiro atoms. The fourth-order valence-corrected chi connectivity index (χ4v) is 3.08. The Morgan fingerprint density at radius 1 is 1.13 bits per heavy atom. The molecule has 7 nitrogen and oxygen atoms in total. The van der Waals surface area contributed by atoms with E-state index in [1.54, 1.807) is 19.1 Å². The van der Waals surface area contributed by atoms with Crippen molar-refractivity contribution < 1.29 is 18.0 Å². The Morgan fingerprint density at radius 3 is 2.48 bits per heavy atom. The lowest BCUT2D eigenvalue weighted by molar-refractivity contribution is -0.137. The van der Waals surface area contributed by atoms with Crippen LogP contribution in [0.1, 0.15) is 47.1 Å². The molecule has 1 amide bonds. The minimum Gasteiger partial charge on any atom is -0.355 e. The van der Waals surface area contributed by atoms with Gasteiger partial charge < -0.3 is 16.0 Å². The first kappa shape index (κ1) is 22.1. The molecule has 3 aromatic rings. The van der Waals surface area contributed by atoms with E-state index in [9.17, 15) is 18.0 Å². The second-order valence-electron chi connectivity index (χ2n) is 7.24. The summed E-state index contributed by atoms with van der Waals surface area (Å²) in [6, 6.07) is 7.59. The minimum atomic E-state index is -4.63. The number of amides is 1. The van der Waals surface area contributed by atoms with Crippen LogP contribution in [0, 0.1) is 6.92 Å². The molecule has 0 radical (unpaired) electrons. The number of carbonyl (C=O) groups is 1. The molecule has 10 heteroatoms. The van der Waals surface area contributed by atoms with Crippen LogP contribution in [0.15, 0.2) is 36.5 Å². The molecular weight excluding hydrogens is 409 g/mol. The molecule has 0 atom stereocenters. The smallest absolute Gasteiger partial charge is 0.355 e. The summed E-state index contributed by atoms with van der Waals surface area (Å²) in [5, 5.41) is 15.4. The van der Waals surface area contributed by atoms with Gasteiger partial charge in [0.2, 0.25) is 0 Å². The molecule has 4 N–H and O–H groups in total. The predicted molar refractivity (Wildman–Crippen MR) is 113 cm³/mol. The summed E-state index contributed by atoms with van der Waals surface area (Å²) in [6.07, 6.45) is -3.87. The molecule has 0 aliphatic carbocycles. The third-order valence-electron chi connectivity index (χ3n) is 4.68. The standard InChI is InChI=1S/C21H23F3N6O/c1-11(2)18-19(12(3)29-30-18)28-17-9-16(14(10-26-17)21(22,23)24)27-15-8-6-5-7-13(15)20(31)25-4/h5-11H,1-4H3,(H,25,31)(H,29,30)(H2,26,27,28). The third kappa shape index (κ3) is 4.79. The first-order valence-electron chi connectivity index (χ1n) is 9.59. The lowest BCUT2D eigenvalue weighted by Crippen LogP contribution is -2.19. The molecule has 0 bridgehead atoms. The van der Waals surface area contributed by atoms with Gasteiger partial charge in [0, 0.05) is 19.3 Å². The van der Waals surface area contributed by atoms with Crippen molar-refractivity contribution in [2.75, 3.05) is 17.7 Å². The molecule has 3 rings (SSSR count). The average Bonchev–Trinajstić information content (AvgIpc) is 3.07. The maximum atomic E-state index is 13.6. The number of anilines is 4. The fourth-order valence-electron chi connectivity index (χ4n) is 3.08. The number of aryl methyl sites for hydroxylation is 1. The van der Waals surface area contributed by atoms with Gasteiger partial charge in [0.15, 0.2) is 0 Å². The quantitative estimate of drug-likeness (QED) is 0.435. The van der Waals surface area contributed by atoms with E-state index in [4.69, 9.17) is 0 Å². The zero-order valence-corrected chi connectivity index (χ0v) is 17.5. The summed E-state index contributed by atoms with van der Waals surface area (Å²) in [4.78, 5) is 16.1. The molecule has 0 saturated heterocycles. The second-order valence-corrected chi connectivity index (χ2v) is 7.24. The van der Waals surface area contributed by atoms with Gasteiger partial charge in [-0.3, -0.25) is 9.89 Å². The van der Waals surface area contributed by atoms with E-state index < -0.39 is 17.6 Å². The lowest BCUT2D eigenvalue weighted by atomic mass is 10.1. The molecule has 0 saturated carbocycles. The maximum absolute atomic E-state index is 13.6. The van der Waals surface area contributed by atoms with Gasteiger partial charge in [0.05, 0.1) is 39.6 Å². The molecule has 31 heavy (non-hydrogen) atoms. The van der Waals surface area contributed by atoms with Gasteiger partial charge in [-0.1, -0.05) is 26.0 Å². The van der Waals surface area contributed by atoms with Crippen LogP contribution in [-0.2, 0) is 6.18 Å². The zero-order chi connectivity index (χ0) is 22.8. The van der Waals surface area contributed by atoms with Crippen molar-refractivity contribution in [3.05, 3.63) is 59.0 Å². The fraction of sp³-hybridized carbons (Fsp3) is 0.286. The van der Waals surface area contributed by atoms with Crippen LogP contribution in [0.2, 0.25) is 0 Å². The topological polar surface area (TPSA) is 94.7 Å². The number of H-pyrrole nitrogens is 1. The summed E-state index contributed by atoms with van der Waals surface area (Å²) in [7, 11) is 1.45. The number of rotatable bonds is 6. The Morgan fingerprint density at radius 2 is 1.84 bits per heavy atom. The van der Waals surface area contributed by atoms with Crippen molar-refractivity contribution >= 4 is 28.8 Å². The van der Waals surface area contributed by atoms with E-state index in [0.29, 0.717) is 11.4 Å². The number of hydrogen-bond acceptors (Lipinski definition) is 5. The van der Waals surface area contributed by atoms with Crippen molar-refractivity contribution in [3.8, 4) is 0 Å². The molecule has 2 heterocycles. The van der Waals surface area contributed by atoms with Crippen LogP contribution in [0.4, 0.5) is 36.1 Å². The molecule has 0 aliphatic rings. The van der Waals surface area contributed by atoms with Gasteiger partial charge in [-0.15, -0.1) is 0 Å². The molecule has 0 unspecified atom stereocenters. The Bertz CT molecular complexity index is 1090. The number of nitrogens with one attached hydrogen (secondary N) is 4. The number of hydrogen-bond donors (Lipinski definition) is 4. The summed E-state index contributed by atoms with van der Waals surface area (Å²) in [6.45, 7) is 5.73. The molecule has 2 aromatic heterocycles. The molecule has 0 aliphatic heterocycles. The zero-order valence-electron chi connectivity index (χ0n) is 17.5. The summed E-state index contributed by atoms with van der Waals surface area (Å²) >= 11 is 0. The van der Waals surface area contributed by atoms with Crippen LogP contribution in [0.25, 0.3) is 0 Å². The van der Waals surface area contributed by atoms with E-state index in [2.05, 4.69) is 31.1 Å². The van der Waals surface area contributed by atoms with E-state index in [-0.39, 0.29) is 28.7 Å². The van der Waals surface area contributed by atoms with Crippen molar-refractivity contribution in [2.24, 2.45) is 0 Å². The lowest BCUT2D eigenvalue weighted by Gasteiger charge is -2.18. The van der Waals surface area contributed by atoms with Gasteiger partial charge in [0.1, 0.15) is 5.82 Å². The number of aromatic nitrogens is 3. The Balaban J connectivity index is 2.04.